The molecule has 128 heavy (non-hydrogen) atoms. The minimum absolute atomic E-state index is 0.435. The first kappa shape index (κ1) is 76.4. The fraction of sp³-hybridized carbons (Fsp3) is 0.0877. The third kappa shape index (κ3) is 11.4. The Labute approximate surface area is 754 Å². The summed E-state index contributed by atoms with van der Waals surface area (Å²) < 4.78 is 20.7. The molecule has 0 N–H and O–H groups in total. The van der Waals surface area contributed by atoms with E-state index < -0.39 is 29.4 Å². The fourth-order valence-electron chi connectivity index (χ4n) is 23.2. The number of nitrogens with zero attached hydrogens (tertiary/aromatic N) is 10. The van der Waals surface area contributed by atoms with Crippen molar-refractivity contribution in [1.82, 2.24) is 24.9 Å². The average Bonchev–Trinajstić information content (AvgIpc) is 1.52. The summed E-state index contributed by atoms with van der Waals surface area (Å²) >= 11 is -2.61. The van der Waals surface area contributed by atoms with E-state index in [1.807, 2.05) is 24.8 Å². The standard InChI is InChI=1S/C31H25N2Si.C30H23N2Si.C23H17GeN2.C19H15N2.C11H7N2Se/c1-21-11-9-12-22(2)28(21)26-19-23-20-33-18-10-17-27-30(33)29(23)31(32-26)34(27,24-13-5-3-6-14-24)25-15-7-4-8-16-25;1-21-10-8-9-15-26(21)23-18-27-29-28-22(19-32(29)20-23)16-17-31-30(28)33(27,24-11-4-2-5-12-24)25-13-6-3-7-14-25;1-3-8-18(9-4-1)24(19-10-5-2-6-11-19)20-12-7-15-26-16-17-13-14-25-23(24)21(17)22(20)26;1-12-4-2-3-5-16(12)15-8-14-9-17-18-13(6-7-20-17)10-21(11-15)19(14)18;1-2-8-10-9-7(6-13(10)5-1)3-4-12-11(9)14-8/h3-19H,20H2,1-2H3;2-18,20H,19H2,1H3;1-15H,16H2;2-8,11H,9-10H2,1H3;1-5H,6H2/q5*+1. The van der Waals surface area contributed by atoms with Gasteiger partial charge in [0.25, 0.3) is 0 Å². The third-order valence-electron chi connectivity index (χ3n) is 28.4. The van der Waals surface area contributed by atoms with Crippen LogP contribution in [0.25, 0.3) is 98.1 Å². The van der Waals surface area contributed by atoms with E-state index in [0.29, 0.717) is 14.5 Å². The Morgan fingerprint density at radius 1 is 0.328 bits per heavy atom. The van der Waals surface area contributed by atoms with Gasteiger partial charge in [0.2, 0.25) is 33.2 Å². The molecule has 9 aromatic carbocycles. The molecule has 0 spiro atoms. The molecule has 0 amide bonds. The summed E-state index contributed by atoms with van der Waals surface area (Å²) in [6, 6.07) is 120. The van der Waals surface area contributed by atoms with Crippen LogP contribution < -0.4 is 82.3 Å². The molecular formula is C114H87GeN10SeSi2+5. The van der Waals surface area contributed by atoms with Crippen LogP contribution in [0.5, 0.6) is 0 Å². The van der Waals surface area contributed by atoms with Crippen molar-refractivity contribution in [3.8, 4) is 78.5 Å². The molecule has 11 aromatic heterocycles. The molecule has 29 rings (SSSR count). The first-order valence-electron chi connectivity index (χ1n) is 44.5. The van der Waals surface area contributed by atoms with Crippen molar-refractivity contribution < 1.29 is 22.8 Å². The van der Waals surface area contributed by atoms with Crippen LogP contribution in [-0.2, 0) is 39.1 Å². The van der Waals surface area contributed by atoms with E-state index in [4.69, 9.17) is 15.0 Å². The van der Waals surface area contributed by atoms with Crippen LogP contribution in [0.15, 0.2) is 383 Å². The number of pyridine rings is 10. The van der Waals surface area contributed by atoms with Gasteiger partial charge >= 0.3 is 241 Å². The molecule has 9 aliphatic rings. The summed E-state index contributed by atoms with van der Waals surface area (Å²) in [7, 11) is -5.08. The number of hydrogen-bond acceptors (Lipinski definition) is 5. The van der Waals surface area contributed by atoms with Crippen LogP contribution in [0.1, 0.15) is 61.3 Å². The Hall–Kier alpha value is -14.0. The van der Waals surface area contributed by atoms with Gasteiger partial charge in [-0.25, -0.2) is 0 Å². The summed E-state index contributed by atoms with van der Waals surface area (Å²) in [4.78, 5) is 24.9. The van der Waals surface area contributed by atoms with Crippen molar-refractivity contribution in [3.05, 3.63) is 445 Å². The van der Waals surface area contributed by atoms with Crippen molar-refractivity contribution in [1.29, 1.82) is 0 Å². The molecule has 0 atom stereocenters. The van der Waals surface area contributed by atoms with E-state index in [0.717, 1.165) is 44.8 Å². The Morgan fingerprint density at radius 2 is 0.797 bits per heavy atom. The zero-order valence-electron chi connectivity index (χ0n) is 71.5. The van der Waals surface area contributed by atoms with Gasteiger partial charge in [-0.05, 0) is 118 Å². The van der Waals surface area contributed by atoms with E-state index in [1.165, 1.54) is 213 Å². The summed E-state index contributed by atoms with van der Waals surface area (Å²) in [5, 5.41) is 12.6. The van der Waals surface area contributed by atoms with Gasteiger partial charge in [0.15, 0.2) is 38.2 Å². The number of benzene rings is 9. The first-order chi connectivity index (χ1) is 63.1. The number of aromatic nitrogens is 10. The number of aryl methyl sites for hydroxylation is 4. The topological polar surface area (TPSA) is 83.8 Å². The second kappa shape index (κ2) is 30.1. The monoisotopic (exact) mass is 1810 g/mol. The molecule has 0 bridgehead atoms. The van der Waals surface area contributed by atoms with Crippen LogP contribution in [0.3, 0.4) is 0 Å². The van der Waals surface area contributed by atoms with Crippen LogP contribution in [0.4, 0.5) is 0 Å². The Morgan fingerprint density at radius 3 is 1.43 bits per heavy atom. The predicted molar refractivity (Wildman–Crippen MR) is 521 cm³/mol. The Balaban J connectivity index is 0.0000000890. The first-order valence-corrected chi connectivity index (χ1v) is 54.4. The molecule has 8 aliphatic heterocycles. The number of hydrogen-bond donors (Lipinski definition) is 0. The second-order valence-electron chi connectivity index (χ2n) is 35.3. The average molecular weight is 1800 g/mol. The van der Waals surface area contributed by atoms with Gasteiger partial charge in [-0.2, -0.15) is 13.7 Å². The third-order valence-corrected chi connectivity index (χ3v) is 49.9. The maximum absolute atomic E-state index is 5.61. The molecule has 0 saturated carbocycles. The molecule has 1 aliphatic carbocycles. The molecule has 0 saturated heterocycles. The van der Waals surface area contributed by atoms with E-state index in [2.05, 4.69) is 419 Å². The zero-order valence-corrected chi connectivity index (χ0v) is 77.3. The summed E-state index contributed by atoms with van der Waals surface area (Å²) in [6.45, 7) is 13.6. The van der Waals surface area contributed by atoms with Gasteiger partial charge in [-0.1, -0.05) is 188 Å². The second-order valence-corrected chi connectivity index (χ2v) is 52.5. The molecule has 0 unspecified atom stereocenters. The molecular weight excluding hydrogens is 1720 g/mol. The fourth-order valence-corrected chi connectivity index (χ4v) is 46.2. The maximum atomic E-state index is 5.61. The Bertz CT molecular complexity index is 7720. The summed E-state index contributed by atoms with van der Waals surface area (Å²) in [6.07, 6.45) is 20.2. The van der Waals surface area contributed by atoms with Gasteiger partial charge in [0.1, 0.15) is 0 Å². The Kier molecular flexibility index (Phi) is 18.0. The SMILES string of the molecule is Cc1cccc(C)c1-c1cc2c3c(n1)[Si](c1ccccc1)(c1ccccc1)c1ccc[n+](c1-3)C2.Cc1ccccc1-c1cc2c3[n+](c1)Cc1ccnc(c1-3)C2.Cc1ccccc1-c1cc2c3[n+](c1)Cc1ccnc(c1-3)[Si]2(c1ccccc1)c1ccccc1.c1cc2[se]c3nccc4c3c2[n+](c1)C4.c1cc[c]([Ge]2([c]3ccccc3)[c]3ccc[n+]4c3-c3c(ccn[c]32)C4)cc1. The van der Waals surface area contributed by atoms with E-state index in [9.17, 15) is 0 Å². The van der Waals surface area contributed by atoms with Crippen molar-refractivity contribution in [2.24, 2.45) is 0 Å². The van der Waals surface area contributed by atoms with Gasteiger partial charge in [-0.3, -0.25) is 15.0 Å². The van der Waals surface area contributed by atoms with Gasteiger partial charge in [-0.15, -0.1) is 0 Å². The van der Waals surface area contributed by atoms with Gasteiger partial charge in [0.05, 0.1) is 38.7 Å². The van der Waals surface area contributed by atoms with Crippen molar-refractivity contribution in [2.75, 3.05) is 0 Å². The summed E-state index contributed by atoms with van der Waals surface area (Å²) in [5.41, 5.74) is 35.1. The zero-order chi connectivity index (χ0) is 85.1. The quantitative estimate of drug-likeness (QED) is 0.106. The van der Waals surface area contributed by atoms with E-state index in [-0.39, 0.29) is 0 Å². The minimum atomic E-state index is -3.05. The molecule has 20 aromatic rings. The normalized spacial score (nSPS) is 14.2. The van der Waals surface area contributed by atoms with Crippen molar-refractivity contribution >= 4 is 123 Å². The molecule has 14 heteroatoms. The van der Waals surface area contributed by atoms with Gasteiger partial charge < -0.3 is 0 Å². The number of rotatable bonds is 9. The van der Waals surface area contributed by atoms with Crippen LogP contribution in [0, 0.1) is 27.7 Å². The molecule has 606 valence electrons. The van der Waals surface area contributed by atoms with Crippen LogP contribution >= 0.6 is 0 Å². The van der Waals surface area contributed by atoms with Crippen LogP contribution in [-0.4, -0.2) is 68.8 Å². The van der Waals surface area contributed by atoms with E-state index >= 15 is 0 Å². The molecule has 0 radical (unpaired) electrons. The van der Waals surface area contributed by atoms with Crippen LogP contribution in [0.2, 0.25) is 0 Å². The molecule has 19 heterocycles. The van der Waals surface area contributed by atoms with Gasteiger partial charge in [0, 0.05) is 74.2 Å². The van der Waals surface area contributed by atoms with Crippen molar-refractivity contribution in [3.63, 3.8) is 0 Å². The molecule has 0 fully saturated rings. The molecule has 10 nitrogen and oxygen atoms in total. The predicted octanol–water partition coefficient (Wildman–Crippen LogP) is 11.9. The summed E-state index contributed by atoms with van der Waals surface area (Å²) in [5.74, 6) is 0. The van der Waals surface area contributed by atoms with E-state index in [1.54, 1.807) is 0 Å². The van der Waals surface area contributed by atoms with Crippen molar-refractivity contribution in [2.45, 2.75) is 66.8 Å².